The third-order valence-corrected chi connectivity index (χ3v) is 3.02. The number of hydrogen-bond donors (Lipinski definition) is 0. The predicted molar refractivity (Wildman–Crippen MR) is 64.0 cm³/mol. The van der Waals surface area contributed by atoms with Gasteiger partial charge in [-0.15, -0.1) is 0 Å². The number of nitrogens with zero attached hydrogens (tertiary/aromatic N) is 1. The summed E-state index contributed by atoms with van der Waals surface area (Å²) in [4.78, 5) is 13.5. The van der Waals surface area contributed by atoms with Crippen LogP contribution in [0.4, 0.5) is 5.69 Å². The second kappa shape index (κ2) is 3.51. The number of rotatable bonds is 1. The van der Waals surface area contributed by atoms with Crippen LogP contribution in [0.2, 0.25) is 0 Å². The number of carbonyl (C=O) groups excluding carboxylic acids is 1. The molecule has 86 valence electrons. The van der Waals surface area contributed by atoms with E-state index >= 15 is 0 Å². The molecule has 0 aromatic heterocycles. The van der Waals surface area contributed by atoms with Crippen molar-refractivity contribution >= 4 is 11.7 Å². The second-order valence-electron chi connectivity index (χ2n) is 5.11. The number of hydrogen-bond acceptors (Lipinski definition) is 3. The van der Waals surface area contributed by atoms with E-state index in [0.29, 0.717) is 12.2 Å². The van der Waals surface area contributed by atoms with Crippen molar-refractivity contribution in [1.29, 1.82) is 0 Å². The number of benzene rings is 1. The molecular weight excluding hydrogens is 202 g/mol. The Bertz CT molecular complexity index is 436. The summed E-state index contributed by atoms with van der Waals surface area (Å²) in [6.07, 6.45) is 0.441. The molecule has 1 aromatic rings. The molecule has 0 aliphatic carbocycles. The normalized spacial score (nSPS) is 17.6. The van der Waals surface area contributed by atoms with Crippen molar-refractivity contribution in [3.8, 4) is 5.75 Å². The van der Waals surface area contributed by atoms with Crippen LogP contribution in [0.1, 0.15) is 25.8 Å². The highest BCUT2D eigenvalue weighted by molar-refractivity contribution is 5.78. The highest BCUT2D eigenvalue weighted by Gasteiger charge is 2.33. The highest BCUT2D eigenvalue weighted by Crippen LogP contribution is 2.40. The molecule has 0 amide bonds. The van der Waals surface area contributed by atoms with E-state index in [1.807, 2.05) is 31.1 Å². The fourth-order valence-corrected chi connectivity index (χ4v) is 2.03. The molecule has 0 saturated heterocycles. The lowest BCUT2D eigenvalue weighted by Gasteiger charge is -2.31. The third-order valence-electron chi connectivity index (χ3n) is 3.02. The van der Waals surface area contributed by atoms with E-state index in [9.17, 15) is 4.79 Å². The van der Waals surface area contributed by atoms with Gasteiger partial charge in [0.1, 0.15) is 5.75 Å². The van der Waals surface area contributed by atoms with Crippen LogP contribution in [0.5, 0.6) is 5.75 Å². The Morgan fingerprint density at radius 1 is 1.31 bits per heavy atom. The largest absolute Gasteiger partial charge is 0.426 e. The molecule has 1 heterocycles. The van der Waals surface area contributed by atoms with Gasteiger partial charge in [0.25, 0.3) is 0 Å². The van der Waals surface area contributed by atoms with Crippen molar-refractivity contribution in [2.24, 2.45) is 0 Å². The molecule has 0 spiro atoms. The van der Waals surface area contributed by atoms with E-state index in [1.165, 1.54) is 0 Å². The minimum atomic E-state index is -0.143. The Kier molecular flexibility index (Phi) is 2.41. The van der Waals surface area contributed by atoms with Gasteiger partial charge in [-0.25, -0.2) is 0 Å². The molecule has 0 radical (unpaired) electrons. The third kappa shape index (κ3) is 1.77. The first-order valence-electron chi connectivity index (χ1n) is 5.43. The lowest BCUT2D eigenvalue weighted by Crippen LogP contribution is -2.30. The molecule has 0 bridgehead atoms. The smallest absolute Gasteiger partial charge is 0.312 e. The molecular formula is C13H17NO2. The summed E-state index contributed by atoms with van der Waals surface area (Å²) >= 11 is 0. The topological polar surface area (TPSA) is 29.5 Å². The SMILES string of the molecule is CN(C)c1ccc2c(c1)C(C)(C)CC(=O)O2. The number of carbonyl (C=O) groups is 1. The number of fused-ring (bicyclic) bond motifs is 1. The van der Waals surface area contributed by atoms with Gasteiger partial charge in [-0.05, 0) is 18.2 Å². The monoisotopic (exact) mass is 219 g/mol. The van der Waals surface area contributed by atoms with Crippen molar-refractivity contribution in [2.75, 3.05) is 19.0 Å². The quantitative estimate of drug-likeness (QED) is 0.536. The summed E-state index contributed by atoms with van der Waals surface area (Å²) in [5.74, 6) is 0.557. The summed E-state index contributed by atoms with van der Waals surface area (Å²) in [6.45, 7) is 4.15. The van der Waals surface area contributed by atoms with E-state index in [0.717, 1.165) is 11.3 Å². The summed E-state index contributed by atoms with van der Waals surface area (Å²) in [6, 6.07) is 5.94. The van der Waals surface area contributed by atoms with Crippen LogP contribution in [0.25, 0.3) is 0 Å². The Hall–Kier alpha value is -1.51. The standard InChI is InChI=1S/C13H17NO2/c1-13(2)8-12(15)16-11-6-5-9(14(3)4)7-10(11)13/h5-7H,8H2,1-4H3. The molecule has 2 rings (SSSR count). The zero-order valence-electron chi connectivity index (χ0n) is 10.2. The van der Waals surface area contributed by atoms with Gasteiger partial charge in [0.05, 0.1) is 6.42 Å². The van der Waals surface area contributed by atoms with Crippen LogP contribution >= 0.6 is 0 Å². The van der Waals surface area contributed by atoms with Gasteiger partial charge in [-0.2, -0.15) is 0 Å². The minimum Gasteiger partial charge on any atom is -0.426 e. The molecule has 3 nitrogen and oxygen atoms in total. The Labute approximate surface area is 96.0 Å². The van der Waals surface area contributed by atoms with Crippen LogP contribution in [-0.4, -0.2) is 20.1 Å². The predicted octanol–water partition coefficient (Wildman–Crippen LogP) is 2.34. The van der Waals surface area contributed by atoms with Crippen LogP contribution in [0.15, 0.2) is 18.2 Å². The fraction of sp³-hybridized carbons (Fsp3) is 0.462. The maximum absolute atomic E-state index is 11.4. The lowest BCUT2D eigenvalue weighted by molar-refractivity contribution is -0.136. The molecule has 1 aromatic carbocycles. The fourth-order valence-electron chi connectivity index (χ4n) is 2.03. The minimum absolute atomic E-state index is 0.142. The van der Waals surface area contributed by atoms with Gasteiger partial charge in [0, 0.05) is 30.8 Å². The van der Waals surface area contributed by atoms with Crippen molar-refractivity contribution in [3.05, 3.63) is 23.8 Å². The summed E-state index contributed by atoms with van der Waals surface area (Å²) < 4.78 is 5.24. The molecule has 0 unspecified atom stereocenters. The zero-order valence-corrected chi connectivity index (χ0v) is 10.2. The number of anilines is 1. The molecule has 1 aliphatic rings. The zero-order chi connectivity index (χ0) is 11.9. The first-order valence-corrected chi connectivity index (χ1v) is 5.43. The average Bonchev–Trinajstić information content (AvgIpc) is 2.15. The van der Waals surface area contributed by atoms with E-state index in [1.54, 1.807) is 0 Å². The van der Waals surface area contributed by atoms with E-state index < -0.39 is 0 Å². The van der Waals surface area contributed by atoms with Gasteiger partial charge in [0.2, 0.25) is 0 Å². The highest BCUT2D eigenvalue weighted by atomic mass is 16.5. The van der Waals surface area contributed by atoms with Gasteiger partial charge in [-0.1, -0.05) is 13.8 Å². The van der Waals surface area contributed by atoms with Crippen LogP contribution < -0.4 is 9.64 Å². The lowest BCUT2D eigenvalue weighted by atomic mass is 9.79. The maximum Gasteiger partial charge on any atom is 0.312 e. The Balaban J connectivity index is 2.52. The Morgan fingerprint density at radius 2 is 2.00 bits per heavy atom. The van der Waals surface area contributed by atoms with Crippen LogP contribution in [-0.2, 0) is 10.2 Å². The van der Waals surface area contributed by atoms with Gasteiger partial charge >= 0.3 is 5.97 Å². The molecule has 1 aliphatic heterocycles. The maximum atomic E-state index is 11.4. The molecule has 16 heavy (non-hydrogen) atoms. The number of ether oxygens (including phenoxy) is 1. The van der Waals surface area contributed by atoms with E-state index in [-0.39, 0.29) is 11.4 Å². The Morgan fingerprint density at radius 3 is 2.62 bits per heavy atom. The number of esters is 1. The van der Waals surface area contributed by atoms with Crippen molar-refractivity contribution in [1.82, 2.24) is 0 Å². The summed E-state index contributed by atoms with van der Waals surface area (Å²) in [7, 11) is 4.01. The molecule has 3 heteroatoms. The first kappa shape index (κ1) is 11.0. The van der Waals surface area contributed by atoms with Gasteiger partial charge in [0.15, 0.2) is 0 Å². The second-order valence-corrected chi connectivity index (χ2v) is 5.11. The van der Waals surface area contributed by atoms with Gasteiger partial charge < -0.3 is 9.64 Å². The summed E-state index contributed by atoms with van der Waals surface area (Å²) in [5.41, 5.74) is 2.10. The van der Waals surface area contributed by atoms with Crippen LogP contribution in [0.3, 0.4) is 0 Å². The van der Waals surface area contributed by atoms with Gasteiger partial charge in [-0.3, -0.25) is 4.79 Å². The van der Waals surface area contributed by atoms with Crippen molar-refractivity contribution in [3.63, 3.8) is 0 Å². The van der Waals surface area contributed by atoms with E-state index in [4.69, 9.17) is 4.74 Å². The van der Waals surface area contributed by atoms with Crippen molar-refractivity contribution in [2.45, 2.75) is 25.7 Å². The molecule has 0 saturated carbocycles. The molecule has 0 fully saturated rings. The molecule has 0 atom stereocenters. The first-order chi connectivity index (χ1) is 7.40. The average molecular weight is 219 g/mol. The van der Waals surface area contributed by atoms with Crippen molar-refractivity contribution < 1.29 is 9.53 Å². The summed E-state index contributed by atoms with van der Waals surface area (Å²) in [5, 5.41) is 0. The van der Waals surface area contributed by atoms with Crippen LogP contribution in [0, 0.1) is 0 Å². The molecule has 0 N–H and O–H groups in total. The van der Waals surface area contributed by atoms with E-state index in [2.05, 4.69) is 19.9 Å².